The lowest BCUT2D eigenvalue weighted by Crippen LogP contribution is -2.54. The van der Waals surface area contributed by atoms with Crippen LogP contribution in [-0.2, 0) is 17.8 Å². The maximum absolute atomic E-state index is 13.9. The van der Waals surface area contributed by atoms with E-state index in [0.29, 0.717) is 12.5 Å². The molecule has 142 valence electrons. The van der Waals surface area contributed by atoms with Crippen LogP contribution in [0.1, 0.15) is 49.0 Å². The average molecular weight is 381 g/mol. The summed E-state index contributed by atoms with van der Waals surface area (Å²) in [5.74, 6) is 2.84. The van der Waals surface area contributed by atoms with Crippen molar-refractivity contribution in [2.24, 2.45) is 23.2 Å². The Bertz CT molecular complexity index is 751. The van der Waals surface area contributed by atoms with E-state index in [-0.39, 0.29) is 5.41 Å². The van der Waals surface area contributed by atoms with Gasteiger partial charge in [-0.3, -0.25) is 9.78 Å². The molecule has 0 aliphatic heterocycles. The summed E-state index contributed by atoms with van der Waals surface area (Å²) in [6.45, 7) is 1.51. The van der Waals surface area contributed by atoms with Crippen molar-refractivity contribution in [3.63, 3.8) is 0 Å². The molecule has 6 rings (SSSR count). The molecule has 1 amide bonds. The van der Waals surface area contributed by atoms with Crippen LogP contribution in [0.15, 0.2) is 42.0 Å². The van der Waals surface area contributed by atoms with Crippen LogP contribution in [0.3, 0.4) is 0 Å². The molecule has 0 unspecified atom stereocenters. The second-order valence-corrected chi connectivity index (χ2v) is 10.1. The summed E-state index contributed by atoms with van der Waals surface area (Å²) in [5, 5.41) is 2.13. The Morgan fingerprint density at radius 1 is 1.11 bits per heavy atom. The fourth-order valence-corrected chi connectivity index (χ4v) is 7.07. The number of carbonyl (C=O) groups is 1. The molecule has 0 aromatic carbocycles. The number of rotatable bonds is 6. The first-order valence-corrected chi connectivity index (χ1v) is 11.3. The van der Waals surface area contributed by atoms with Crippen LogP contribution >= 0.6 is 11.3 Å². The highest BCUT2D eigenvalue weighted by atomic mass is 32.1. The van der Waals surface area contributed by atoms with Gasteiger partial charge in [-0.15, -0.1) is 11.3 Å². The molecule has 3 nitrogen and oxygen atoms in total. The van der Waals surface area contributed by atoms with Gasteiger partial charge in [0.25, 0.3) is 0 Å². The summed E-state index contributed by atoms with van der Waals surface area (Å²) in [4.78, 5) is 21.7. The Kier molecular flexibility index (Phi) is 4.55. The largest absolute Gasteiger partial charge is 0.337 e. The fourth-order valence-electron chi connectivity index (χ4n) is 6.37. The van der Waals surface area contributed by atoms with Crippen molar-refractivity contribution in [2.45, 2.75) is 51.5 Å². The average Bonchev–Trinajstić information content (AvgIpc) is 3.18. The van der Waals surface area contributed by atoms with Crippen LogP contribution in [0.25, 0.3) is 0 Å². The standard InChI is InChI=1S/C23H28N2OS/c26-22(23-12-18-9-19(13-23)11-20(10-18)14-23)25(7-5-21-4-2-8-27-21)16-17-3-1-6-24-15-17/h1-4,6,8,15,18-20H,5,7,9-14,16H2. The zero-order chi connectivity index (χ0) is 18.3. The molecule has 0 N–H and O–H groups in total. The summed E-state index contributed by atoms with van der Waals surface area (Å²) in [6, 6.07) is 8.36. The van der Waals surface area contributed by atoms with Crippen molar-refractivity contribution < 1.29 is 4.79 Å². The van der Waals surface area contributed by atoms with Crippen LogP contribution in [0.4, 0.5) is 0 Å². The van der Waals surface area contributed by atoms with Crippen molar-refractivity contribution in [1.29, 1.82) is 0 Å². The van der Waals surface area contributed by atoms with E-state index in [1.165, 1.54) is 24.1 Å². The number of hydrogen-bond donors (Lipinski definition) is 0. The van der Waals surface area contributed by atoms with Gasteiger partial charge < -0.3 is 4.90 Å². The minimum Gasteiger partial charge on any atom is -0.337 e. The second-order valence-electron chi connectivity index (χ2n) is 9.12. The third kappa shape index (κ3) is 3.44. The molecule has 2 aromatic heterocycles. The SMILES string of the molecule is O=C(N(CCc1cccs1)Cc1cccnc1)C12CC3CC(CC(C3)C1)C2. The van der Waals surface area contributed by atoms with Crippen LogP contribution in [0.2, 0.25) is 0 Å². The summed E-state index contributed by atoms with van der Waals surface area (Å²) in [6.07, 6.45) is 12.2. The van der Waals surface area contributed by atoms with Crippen molar-refractivity contribution in [1.82, 2.24) is 9.88 Å². The van der Waals surface area contributed by atoms with Crippen LogP contribution in [0, 0.1) is 23.2 Å². The van der Waals surface area contributed by atoms with Crippen LogP contribution in [0.5, 0.6) is 0 Å². The fraction of sp³-hybridized carbons (Fsp3) is 0.565. The predicted octanol–water partition coefficient (Wildman–Crippen LogP) is 4.93. The maximum Gasteiger partial charge on any atom is 0.229 e. The molecule has 4 fully saturated rings. The van der Waals surface area contributed by atoms with E-state index >= 15 is 0 Å². The van der Waals surface area contributed by atoms with Gasteiger partial charge in [0.15, 0.2) is 0 Å². The Balaban J connectivity index is 1.38. The summed E-state index contributed by atoms with van der Waals surface area (Å²) in [5.41, 5.74) is 1.08. The molecule has 27 heavy (non-hydrogen) atoms. The molecule has 4 aliphatic rings. The van der Waals surface area contributed by atoms with E-state index in [4.69, 9.17) is 0 Å². The highest BCUT2D eigenvalue weighted by molar-refractivity contribution is 7.09. The Morgan fingerprint density at radius 2 is 1.85 bits per heavy atom. The first kappa shape index (κ1) is 17.4. The number of thiophene rings is 1. The molecule has 0 radical (unpaired) electrons. The molecule has 4 bridgehead atoms. The van der Waals surface area contributed by atoms with Crippen LogP contribution in [-0.4, -0.2) is 22.3 Å². The quantitative estimate of drug-likeness (QED) is 0.712. The van der Waals surface area contributed by atoms with Gasteiger partial charge in [0.2, 0.25) is 5.91 Å². The highest BCUT2D eigenvalue weighted by Crippen LogP contribution is 2.60. The molecule has 4 aliphatic carbocycles. The first-order chi connectivity index (χ1) is 13.2. The van der Waals surface area contributed by atoms with Gasteiger partial charge in [0.05, 0.1) is 5.41 Å². The van der Waals surface area contributed by atoms with Crippen LogP contribution < -0.4 is 0 Å². The molecule has 2 aromatic rings. The molecule has 2 heterocycles. The van der Waals surface area contributed by atoms with Gasteiger partial charge in [-0.1, -0.05) is 12.1 Å². The van der Waals surface area contributed by atoms with E-state index in [1.807, 2.05) is 12.3 Å². The zero-order valence-corrected chi connectivity index (χ0v) is 16.7. The third-order valence-corrected chi connectivity index (χ3v) is 8.02. The van der Waals surface area contributed by atoms with Gasteiger partial charge in [0, 0.05) is 30.4 Å². The molecule has 0 saturated heterocycles. The first-order valence-electron chi connectivity index (χ1n) is 10.4. The third-order valence-electron chi connectivity index (χ3n) is 7.08. The summed E-state index contributed by atoms with van der Waals surface area (Å²) in [7, 11) is 0. The molecule has 4 saturated carbocycles. The monoisotopic (exact) mass is 380 g/mol. The minimum atomic E-state index is -0.0631. The normalized spacial score (nSPS) is 31.2. The van der Waals surface area contributed by atoms with Crippen molar-refractivity contribution in [3.05, 3.63) is 52.5 Å². The maximum atomic E-state index is 13.9. The lowest BCUT2D eigenvalue weighted by atomic mass is 9.49. The number of carbonyl (C=O) groups excluding carboxylic acids is 1. The van der Waals surface area contributed by atoms with Crippen molar-refractivity contribution in [2.75, 3.05) is 6.54 Å². The summed E-state index contributed by atoms with van der Waals surface area (Å²) < 4.78 is 0. The number of nitrogens with zero attached hydrogens (tertiary/aromatic N) is 2. The summed E-state index contributed by atoms with van der Waals surface area (Å²) >= 11 is 1.79. The van der Waals surface area contributed by atoms with E-state index in [0.717, 1.165) is 55.5 Å². The van der Waals surface area contributed by atoms with Gasteiger partial charge in [0.1, 0.15) is 0 Å². The number of pyridine rings is 1. The molecular formula is C23H28N2OS. The number of hydrogen-bond acceptors (Lipinski definition) is 3. The smallest absolute Gasteiger partial charge is 0.229 e. The second kappa shape index (κ2) is 7.05. The number of amides is 1. The molecule has 0 atom stereocenters. The van der Waals surface area contributed by atoms with Gasteiger partial charge in [-0.2, -0.15) is 0 Å². The number of aromatic nitrogens is 1. The topological polar surface area (TPSA) is 33.2 Å². The van der Waals surface area contributed by atoms with E-state index in [2.05, 4.69) is 33.5 Å². The van der Waals surface area contributed by atoms with Crippen molar-refractivity contribution >= 4 is 17.2 Å². The Morgan fingerprint density at radius 3 is 2.44 bits per heavy atom. The predicted molar refractivity (Wildman–Crippen MR) is 108 cm³/mol. The van der Waals surface area contributed by atoms with Gasteiger partial charge >= 0.3 is 0 Å². The van der Waals surface area contributed by atoms with E-state index < -0.39 is 0 Å². The minimum absolute atomic E-state index is 0.0631. The van der Waals surface area contributed by atoms with Crippen molar-refractivity contribution in [3.8, 4) is 0 Å². The van der Waals surface area contributed by atoms with Gasteiger partial charge in [-0.05, 0) is 85.8 Å². The Labute approximate surface area is 165 Å². The molecular weight excluding hydrogens is 352 g/mol. The lowest BCUT2D eigenvalue weighted by Gasteiger charge is -2.56. The Hall–Kier alpha value is -1.68. The molecule has 0 spiro atoms. The lowest BCUT2D eigenvalue weighted by molar-refractivity contribution is -0.158. The zero-order valence-electron chi connectivity index (χ0n) is 15.8. The van der Waals surface area contributed by atoms with E-state index in [9.17, 15) is 4.79 Å². The molecule has 4 heteroatoms. The van der Waals surface area contributed by atoms with Gasteiger partial charge in [-0.25, -0.2) is 0 Å². The van der Waals surface area contributed by atoms with E-state index in [1.54, 1.807) is 17.5 Å². The highest BCUT2D eigenvalue weighted by Gasteiger charge is 2.55.